The second-order valence-corrected chi connectivity index (χ2v) is 6.99. The van der Waals surface area contributed by atoms with E-state index in [0.29, 0.717) is 60.8 Å². The van der Waals surface area contributed by atoms with Crippen LogP contribution in [0.5, 0.6) is 11.6 Å². The van der Waals surface area contributed by atoms with E-state index < -0.39 is 0 Å². The predicted molar refractivity (Wildman–Crippen MR) is 113 cm³/mol. The minimum absolute atomic E-state index is 0.0351. The largest absolute Gasteiger partial charge is 0.495 e. The number of anilines is 2. The number of amides is 1. The minimum atomic E-state index is -0.0432. The van der Waals surface area contributed by atoms with Crippen molar-refractivity contribution < 1.29 is 19.0 Å². The van der Waals surface area contributed by atoms with Crippen LogP contribution in [0.1, 0.15) is 24.2 Å². The molecule has 1 aliphatic rings. The molecule has 1 aliphatic heterocycles. The highest BCUT2D eigenvalue weighted by atomic mass is 16.5. The molecule has 0 saturated carbocycles. The fourth-order valence-corrected chi connectivity index (χ4v) is 3.46. The van der Waals surface area contributed by atoms with Gasteiger partial charge in [-0.05, 0) is 38.1 Å². The van der Waals surface area contributed by atoms with Gasteiger partial charge in [0.1, 0.15) is 11.4 Å². The van der Waals surface area contributed by atoms with Crippen molar-refractivity contribution >= 4 is 28.6 Å². The van der Waals surface area contributed by atoms with Crippen molar-refractivity contribution in [3.63, 3.8) is 0 Å². The van der Waals surface area contributed by atoms with E-state index in [-0.39, 0.29) is 11.9 Å². The zero-order chi connectivity index (χ0) is 21.1. The standard InChI is InChI=1S/C21H25N5O4/c1-4-30-19-15-7-8-22-18(15)24-21(25-19)23-16-6-5-14(11-17(16)28-3)20(27)26-9-10-29-12-13(26)2/h5-8,11,13H,4,9-10,12H2,1-3H3,(H2,22,23,24,25)/t13-/m1/s1. The first-order valence-corrected chi connectivity index (χ1v) is 9.92. The Bertz CT molecular complexity index is 1050. The Morgan fingerprint density at radius 1 is 1.37 bits per heavy atom. The van der Waals surface area contributed by atoms with E-state index in [1.807, 2.05) is 24.8 Å². The summed E-state index contributed by atoms with van der Waals surface area (Å²) in [5.41, 5.74) is 1.88. The van der Waals surface area contributed by atoms with Crippen LogP contribution in [0.25, 0.3) is 11.0 Å². The second kappa shape index (κ2) is 8.58. The Morgan fingerprint density at radius 2 is 2.23 bits per heavy atom. The van der Waals surface area contributed by atoms with Gasteiger partial charge >= 0.3 is 0 Å². The molecule has 30 heavy (non-hydrogen) atoms. The van der Waals surface area contributed by atoms with E-state index in [1.54, 1.807) is 31.5 Å². The Morgan fingerprint density at radius 3 is 3.00 bits per heavy atom. The number of rotatable bonds is 6. The lowest BCUT2D eigenvalue weighted by atomic mass is 10.1. The molecule has 4 rings (SSSR count). The van der Waals surface area contributed by atoms with Crippen molar-refractivity contribution in [3.8, 4) is 11.6 Å². The summed E-state index contributed by atoms with van der Waals surface area (Å²) in [6.45, 7) is 6.05. The van der Waals surface area contributed by atoms with Crippen LogP contribution in [-0.2, 0) is 4.74 Å². The molecule has 1 saturated heterocycles. The Kier molecular flexibility index (Phi) is 5.71. The van der Waals surface area contributed by atoms with Crippen LogP contribution in [0.15, 0.2) is 30.5 Å². The molecular weight excluding hydrogens is 386 g/mol. The number of H-pyrrole nitrogens is 1. The Labute approximate surface area is 174 Å². The first-order valence-electron chi connectivity index (χ1n) is 9.92. The summed E-state index contributed by atoms with van der Waals surface area (Å²) in [7, 11) is 1.56. The van der Waals surface area contributed by atoms with Crippen LogP contribution in [0.3, 0.4) is 0 Å². The third-order valence-electron chi connectivity index (χ3n) is 4.99. The van der Waals surface area contributed by atoms with E-state index >= 15 is 0 Å². The number of hydrogen-bond acceptors (Lipinski definition) is 7. The highest BCUT2D eigenvalue weighted by Gasteiger charge is 2.25. The normalized spacial score (nSPS) is 16.5. The van der Waals surface area contributed by atoms with E-state index in [1.165, 1.54) is 0 Å². The second-order valence-electron chi connectivity index (χ2n) is 6.99. The fourth-order valence-electron chi connectivity index (χ4n) is 3.46. The molecule has 2 aromatic heterocycles. The fraction of sp³-hybridized carbons (Fsp3) is 0.381. The van der Waals surface area contributed by atoms with Crippen molar-refractivity contribution in [2.24, 2.45) is 0 Å². The molecule has 1 amide bonds. The molecular formula is C21H25N5O4. The molecule has 0 radical (unpaired) electrons. The van der Waals surface area contributed by atoms with Crippen molar-refractivity contribution in [2.45, 2.75) is 19.9 Å². The van der Waals surface area contributed by atoms with Crippen LogP contribution in [0, 0.1) is 0 Å². The zero-order valence-electron chi connectivity index (χ0n) is 17.3. The van der Waals surface area contributed by atoms with Gasteiger partial charge in [-0.1, -0.05) is 0 Å². The molecule has 158 valence electrons. The van der Waals surface area contributed by atoms with E-state index in [9.17, 15) is 4.79 Å². The minimum Gasteiger partial charge on any atom is -0.495 e. The third-order valence-corrected chi connectivity index (χ3v) is 4.99. The molecule has 1 fully saturated rings. The molecule has 0 unspecified atom stereocenters. The lowest BCUT2D eigenvalue weighted by molar-refractivity contribution is 0.00358. The number of carbonyl (C=O) groups excluding carboxylic acids is 1. The molecule has 3 aromatic rings. The smallest absolute Gasteiger partial charge is 0.254 e. The molecule has 9 heteroatoms. The average molecular weight is 411 g/mol. The number of hydrogen-bond donors (Lipinski definition) is 2. The molecule has 2 N–H and O–H groups in total. The van der Waals surface area contributed by atoms with Gasteiger partial charge in [-0.25, -0.2) is 0 Å². The number of fused-ring (bicyclic) bond motifs is 1. The summed E-state index contributed by atoms with van der Waals surface area (Å²) in [6, 6.07) is 7.19. The summed E-state index contributed by atoms with van der Waals surface area (Å²) < 4.78 is 16.6. The monoisotopic (exact) mass is 411 g/mol. The maximum atomic E-state index is 12.9. The number of carbonyl (C=O) groups is 1. The maximum Gasteiger partial charge on any atom is 0.254 e. The Balaban J connectivity index is 1.61. The van der Waals surface area contributed by atoms with E-state index in [4.69, 9.17) is 14.2 Å². The van der Waals surface area contributed by atoms with Gasteiger partial charge in [-0.3, -0.25) is 4.79 Å². The molecule has 1 aromatic carbocycles. The average Bonchev–Trinajstić information content (AvgIpc) is 3.23. The number of morpholine rings is 1. The number of ether oxygens (including phenoxy) is 3. The molecule has 9 nitrogen and oxygen atoms in total. The van der Waals surface area contributed by atoms with Gasteiger partial charge in [0.2, 0.25) is 11.8 Å². The van der Waals surface area contributed by atoms with Crippen LogP contribution in [-0.4, -0.2) is 65.3 Å². The number of nitrogens with zero attached hydrogens (tertiary/aromatic N) is 3. The van der Waals surface area contributed by atoms with Crippen LogP contribution >= 0.6 is 0 Å². The quantitative estimate of drug-likeness (QED) is 0.643. The van der Waals surface area contributed by atoms with Gasteiger partial charge in [0.25, 0.3) is 5.91 Å². The van der Waals surface area contributed by atoms with Crippen molar-refractivity contribution in [1.82, 2.24) is 19.9 Å². The highest BCUT2D eigenvalue weighted by molar-refractivity contribution is 5.95. The summed E-state index contributed by atoms with van der Waals surface area (Å²) in [5, 5.41) is 3.98. The molecule has 3 heterocycles. The first-order chi connectivity index (χ1) is 14.6. The molecule has 0 bridgehead atoms. The third kappa shape index (κ3) is 3.88. The van der Waals surface area contributed by atoms with Gasteiger partial charge in [0.05, 0.1) is 44.0 Å². The first kappa shape index (κ1) is 20.0. The van der Waals surface area contributed by atoms with E-state index in [0.717, 1.165) is 5.39 Å². The summed E-state index contributed by atoms with van der Waals surface area (Å²) >= 11 is 0. The predicted octanol–water partition coefficient (Wildman–Crippen LogP) is 2.97. The van der Waals surface area contributed by atoms with Crippen LogP contribution < -0.4 is 14.8 Å². The van der Waals surface area contributed by atoms with Gasteiger partial charge < -0.3 is 29.4 Å². The van der Waals surface area contributed by atoms with Crippen molar-refractivity contribution in [1.29, 1.82) is 0 Å². The van der Waals surface area contributed by atoms with Crippen LogP contribution in [0.2, 0.25) is 0 Å². The van der Waals surface area contributed by atoms with Gasteiger partial charge in [0, 0.05) is 18.3 Å². The topological polar surface area (TPSA) is 102 Å². The lowest BCUT2D eigenvalue weighted by Crippen LogP contribution is -2.47. The molecule has 0 spiro atoms. The SMILES string of the molecule is CCOc1nc(Nc2ccc(C(=O)N3CCOC[C@H]3C)cc2OC)nc2[nH]ccc12. The van der Waals surface area contributed by atoms with Crippen LogP contribution in [0.4, 0.5) is 11.6 Å². The van der Waals surface area contributed by atoms with Crippen molar-refractivity contribution in [2.75, 3.05) is 38.8 Å². The molecule has 1 atom stereocenters. The molecule has 0 aliphatic carbocycles. The highest BCUT2D eigenvalue weighted by Crippen LogP contribution is 2.30. The number of aromatic nitrogens is 3. The van der Waals surface area contributed by atoms with Crippen molar-refractivity contribution in [3.05, 3.63) is 36.0 Å². The Hall–Kier alpha value is -3.33. The van der Waals surface area contributed by atoms with Gasteiger partial charge in [0.15, 0.2) is 0 Å². The number of nitrogens with one attached hydrogen (secondary N) is 2. The summed E-state index contributed by atoms with van der Waals surface area (Å²) in [4.78, 5) is 26.8. The number of methoxy groups -OCH3 is 1. The maximum absolute atomic E-state index is 12.9. The zero-order valence-corrected chi connectivity index (χ0v) is 17.3. The summed E-state index contributed by atoms with van der Waals surface area (Å²) in [6.07, 6.45) is 1.79. The lowest BCUT2D eigenvalue weighted by Gasteiger charge is -2.33. The van der Waals surface area contributed by atoms with Gasteiger partial charge in [-0.2, -0.15) is 9.97 Å². The van der Waals surface area contributed by atoms with Gasteiger partial charge in [-0.15, -0.1) is 0 Å². The number of benzene rings is 1. The number of aromatic amines is 1. The van der Waals surface area contributed by atoms with E-state index in [2.05, 4.69) is 20.3 Å². The summed E-state index contributed by atoms with van der Waals surface area (Å²) in [5.74, 6) is 1.35.